The van der Waals surface area contributed by atoms with Crippen LogP contribution in [-0.4, -0.2) is 28.9 Å². The number of hydrogen-bond donors (Lipinski definition) is 2. The molecular formula is C28H28Cl2N4O2. The fourth-order valence-electron chi connectivity index (χ4n) is 4.41. The molecule has 0 radical (unpaired) electrons. The fourth-order valence-corrected chi connectivity index (χ4v) is 4.88. The Hall–Kier alpha value is -3.35. The Labute approximate surface area is 221 Å². The lowest BCUT2D eigenvalue weighted by molar-refractivity contribution is 0.0934. The van der Waals surface area contributed by atoms with Gasteiger partial charge in [-0.25, -0.2) is 4.98 Å². The lowest BCUT2D eigenvalue weighted by Gasteiger charge is -2.26. The van der Waals surface area contributed by atoms with Gasteiger partial charge in [0.2, 0.25) is 0 Å². The summed E-state index contributed by atoms with van der Waals surface area (Å²) in [6.07, 6.45) is 5.72. The van der Waals surface area contributed by atoms with E-state index in [0.29, 0.717) is 33.5 Å². The average Bonchev–Trinajstić information content (AvgIpc) is 3.34. The Morgan fingerprint density at radius 3 is 2.56 bits per heavy atom. The molecule has 2 aromatic carbocycles. The molecule has 4 rings (SSSR count). The Morgan fingerprint density at radius 1 is 1.08 bits per heavy atom. The van der Waals surface area contributed by atoms with E-state index in [-0.39, 0.29) is 23.9 Å². The maximum Gasteiger partial charge on any atom is 0.253 e. The highest BCUT2D eigenvalue weighted by Crippen LogP contribution is 2.29. The summed E-state index contributed by atoms with van der Waals surface area (Å²) in [6.45, 7) is 6.25. The zero-order valence-electron chi connectivity index (χ0n) is 20.0. The minimum Gasteiger partial charge on any atom is -0.349 e. The number of benzene rings is 2. The van der Waals surface area contributed by atoms with Crippen LogP contribution in [0.15, 0.2) is 73.6 Å². The first-order valence-corrected chi connectivity index (χ1v) is 12.6. The van der Waals surface area contributed by atoms with Gasteiger partial charge in [0.05, 0.1) is 16.1 Å². The Kier molecular flexibility index (Phi) is 8.28. The number of anilines is 1. The molecule has 2 unspecified atom stereocenters. The highest BCUT2D eigenvalue weighted by Gasteiger charge is 2.30. The second-order valence-electron chi connectivity index (χ2n) is 8.88. The van der Waals surface area contributed by atoms with Gasteiger partial charge in [0.25, 0.3) is 11.8 Å². The van der Waals surface area contributed by atoms with Crippen LogP contribution >= 0.6 is 23.2 Å². The van der Waals surface area contributed by atoms with Crippen molar-refractivity contribution in [2.75, 3.05) is 4.90 Å². The molecule has 1 aromatic heterocycles. The monoisotopic (exact) mass is 522 g/mol. The van der Waals surface area contributed by atoms with Crippen LogP contribution < -0.4 is 15.5 Å². The fraction of sp³-hybridized carbons (Fsp3) is 0.250. The second-order valence-corrected chi connectivity index (χ2v) is 9.70. The summed E-state index contributed by atoms with van der Waals surface area (Å²) in [4.78, 5) is 31.8. The van der Waals surface area contributed by atoms with Crippen molar-refractivity contribution in [2.24, 2.45) is 0 Å². The van der Waals surface area contributed by atoms with E-state index in [1.165, 1.54) is 0 Å². The van der Waals surface area contributed by atoms with Crippen LogP contribution in [0.5, 0.6) is 0 Å². The van der Waals surface area contributed by atoms with Crippen molar-refractivity contribution < 1.29 is 9.59 Å². The van der Waals surface area contributed by atoms with Gasteiger partial charge in [0, 0.05) is 29.8 Å². The number of halogens is 2. The predicted octanol–water partition coefficient (Wildman–Crippen LogP) is 5.93. The molecule has 1 saturated carbocycles. The Bertz CT molecular complexity index is 1250. The number of carbonyl (C=O) groups excluding carboxylic acids is 2. The minimum absolute atomic E-state index is 0.0101. The van der Waals surface area contributed by atoms with Crippen molar-refractivity contribution in [1.29, 1.82) is 0 Å². The average molecular weight is 523 g/mol. The summed E-state index contributed by atoms with van der Waals surface area (Å²) in [5, 5.41) is 6.88. The van der Waals surface area contributed by atoms with Crippen molar-refractivity contribution >= 4 is 40.8 Å². The summed E-state index contributed by atoms with van der Waals surface area (Å²) in [5.41, 5.74) is 2.72. The van der Waals surface area contributed by atoms with Crippen LogP contribution in [-0.2, 0) is 6.54 Å². The Balaban J connectivity index is 1.35. The van der Waals surface area contributed by atoms with Crippen molar-refractivity contribution in [3.8, 4) is 0 Å². The molecule has 186 valence electrons. The highest BCUT2D eigenvalue weighted by molar-refractivity contribution is 6.36. The van der Waals surface area contributed by atoms with E-state index in [1.54, 1.807) is 30.6 Å². The first-order valence-electron chi connectivity index (χ1n) is 11.8. The molecule has 2 atom stereocenters. The highest BCUT2D eigenvalue weighted by atomic mass is 35.5. The van der Waals surface area contributed by atoms with Crippen LogP contribution in [0.2, 0.25) is 10.0 Å². The molecule has 2 N–H and O–H groups in total. The number of aromatic nitrogens is 1. The smallest absolute Gasteiger partial charge is 0.253 e. The van der Waals surface area contributed by atoms with Crippen molar-refractivity contribution in [3.05, 3.63) is 106 Å². The number of hydrogen-bond acceptors (Lipinski definition) is 4. The largest absolute Gasteiger partial charge is 0.349 e. The maximum absolute atomic E-state index is 12.8. The zero-order valence-corrected chi connectivity index (χ0v) is 21.5. The second kappa shape index (κ2) is 11.6. The molecule has 8 heteroatoms. The SMILES string of the molecule is C=CN(c1ccc(C(=O)NCc2ccccc2)cn1)C1CCC(NC(=O)c2cc(Cl)c(C)cc2Cl)C1. The Morgan fingerprint density at radius 2 is 1.86 bits per heavy atom. The van der Waals surface area contributed by atoms with Crippen LogP contribution in [0.25, 0.3) is 0 Å². The normalized spacial score (nSPS) is 16.9. The van der Waals surface area contributed by atoms with E-state index < -0.39 is 0 Å². The number of rotatable bonds is 8. The summed E-state index contributed by atoms with van der Waals surface area (Å²) < 4.78 is 0. The van der Waals surface area contributed by atoms with Crippen molar-refractivity contribution in [2.45, 2.75) is 44.8 Å². The standard InChI is InChI=1S/C28H28Cl2N4O2/c1-3-34(26-12-9-20(17-31-26)27(35)32-16-19-7-5-4-6-8-19)22-11-10-21(14-22)33-28(36)23-15-24(29)18(2)13-25(23)30/h3-9,12-13,15,17,21-22H,1,10-11,14,16H2,2H3,(H,32,35)(H,33,36). The van der Waals surface area contributed by atoms with Gasteiger partial charge in [-0.2, -0.15) is 0 Å². The van der Waals surface area contributed by atoms with E-state index >= 15 is 0 Å². The van der Waals surface area contributed by atoms with Crippen LogP contribution in [0.3, 0.4) is 0 Å². The molecule has 6 nitrogen and oxygen atoms in total. The number of pyridine rings is 1. The van der Waals surface area contributed by atoms with Gasteiger partial charge in [-0.05, 0) is 67.8 Å². The van der Waals surface area contributed by atoms with Gasteiger partial charge >= 0.3 is 0 Å². The lowest BCUT2D eigenvalue weighted by Crippen LogP contribution is -2.36. The van der Waals surface area contributed by atoms with Gasteiger partial charge in [-0.1, -0.05) is 60.1 Å². The summed E-state index contributed by atoms with van der Waals surface area (Å²) in [6, 6.07) is 16.7. The van der Waals surface area contributed by atoms with Gasteiger partial charge in [0.1, 0.15) is 5.82 Å². The molecule has 2 amide bonds. The number of aryl methyl sites for hydroxylation is 1. The number of nitrogens with zero attached hydrogens (tertiary/aromatic N) is 2. The molecule has 36 heavy (non-hydrogen) atoms. The molecule has 0 saturated heterocycles. The predicted molar refractivity (Wildman–Crippen MR) is 145 cm³/mol. The minimum atomic E-state index is -0.235. The molecular weight excluding hydrogens is 495 g/mol. The molecule has 0 bridgehead atoms. The first kappa shape index (κ1) is 25.7. The van der Waals surface area contributed by atoms with Crippen molar-refractivity contribution in [1.82, 2.24) is 15.6 Å². The van der Waals surface area contributed by atoms with E-state index in [4.69, 9.17) is 23.2 Å². The van der Waals surface area contributed by atoms with E-state index in [9.17, 15) is 9.59 Å². The first-order chi connectivity index (χ1) is 17.4. The summed E-state index contributed by atoms with van der Waals surface area (Å²) in [7, 11) is 0. The lowest BCUT2D eigenvalue weighted by atomic mass is 10.1. The van der Waals surface area contributed by atoms with Crippen LogP contribution in [0, 0.1) is 6.92 Å². The third-order valence-electron chi connectivity index (χ3n) is 6.39. The van der Waals surface area contributed by atoms with Gasteiger partial charge in [0.15, 0.2) is 0 Å². The summed E-state index contributed by atoms with van der Waals surface area (Å²) in [5.74, 6) is 0.290. The summed E-state index contributed by atoms with van der Waals surface area (Å²) >= 11 is 12.5. The molecule has 3 aromatic rings. The zero-order chi connectivity index (χ0) is 25.7. The topological polar surface area (TPSA) is 74.3 Å². The van der Waals surface area contributed by atoms with Crippen LogP contribution in [0.1, 0.15) is 51.1 Å². The van der Waals surface area contributed by atoms with Gasteiger partial charge in [-0.15, -0.1) is 0 Å². The molecule has 0 spiro atoms. The van der Waals surface area contributed by atoms with Crippen LogP contribution in [0.4, 0.5) is 5.82 Å². The van der Waals surface area contributed by atoms with E-state index in [0.717, 1.165) is 30.4 Å². The molecule has 1 aliphatic carbocycles. The molecule has 1 aliphatic rings. The number of amides is 2. The van der Waals surface area contributed by atoms with E-state index in [1.807, 2.05) is 48.2 Å². The maximum atomic E-state index is 12.8. The number of carbonyl (C=O) groups is 2. The quantitative estimate of drug-likeness (QED) is 0.384. The molecule has 1 heterocycles. The number of nitrogens with one attached hydrogen (secondary N) is 2. The third kappa shape index (κ3) is 6.07. The molecule has 1 fully saturated rings. The van der Waals surface area contributed by atoms with Crippen molar-refractivity contribution in [3.63, 3.8) is 0 Å². The van der Waals surface area contributed by atoms with Gasteiger partial charge in [-0.3, -0.25) is 9.59 Å². The van der Waals surface area contributed by atoms with Gasteiger partial charge < -0.3 is 15.5 Å². The third-order valence-corrected chi connectivity index (χ3v) is 7.11. The molecule has 0 aliphatic heterocycles. The van der Waals surface area contributed by atoms with E-state index in [2.05, 4.69) is 22.2 Å².